The monoisotopic (exact) mass is 198 g/mol. The molecule has 0 atom stereocenters. The second-order valence-corrected chi connectivity index (χ2v) is 4.52. The Morgan fingerprint density at radius 3 is 2.38 bits per heavy atom. The molecule has 1 aromatic carbocycles. The average molecular weight is 198 g/mol. The molecule has 0 spiro atoms. The van der Waals surface area contributed by atoms with Gasteiger partial charge in [-0.05, 0) is 32.9 Å². The zero-order valence-electron chi connectivity index (χ0n) is 8.07. The number of hydrogen-bond acceptors (Lipinski definition) is 3. The zero-order valence-corrected chi connectivity index (χ0v) is 8.89. The lowest BCUT2D eigenvalue weighted by molar-refractivity contribution is 0.164. The molecule has 0 bridgehead atoms. The van der Waals surface area contributed by atoms with Crippen LogP contribution in [0.5, 0.6) is 5.75 Å². The molecule has 0 saturated carbocycles. The highest BCUT2D eigenvalue weighted by molar-refractivity contribution is 7.94. The highest BCUT2D eigenvalue weighted by Gasteiger charge is 2.12. The van der Waals surface area contributed by atoms with E-state index in [9.17, 15) is 5.11 Å². The summed E-state index contributed by atoms with van der Waals surface area (Å²) in [5, 5.41) is 9.41. The summed E-state index contributed by atoms with van der Waals surface area (Å²) >= 11 is 1.20. The van der Waals surface area contributed by atoms with E-state index in [-0.39, 0.29) is 11.4 Å². The minimum absolute atomic E-state index is 0.201. The quantitative estimate of drug-likeness (QED) is 0.740. The minimum Gasteiger partial charge on any atom is -0.507 e. The van der Waals surface area contributed by atoms with Crippen LogP contribution >= 0.6 is 12.0 Å². The van der Waals surface area contributed by atoms with E-state index in [2.05, 4.69) is 0 Å². The number of rotatable bonds is 2. The molecule has 0 unspecified atom stereocenters. The smallest absolute Gasteiger partial charge is 0.131 e. The second kappa shape index (κ2) is 4.03. The fourth-order valence-corrected chi connectivity index (χ4v) is 1.32. The van der Waals surface area contributed by atoms with Crippen LogP contribution < -0.4 is 0 Å². The number of phenolic OH excluding ortho intramolecular Hbond substituents is 1. The van der Waals surface area contributed by atoms with Gasteiger partial charge in [0.15, 0.2) is 0 Å². The Balaban J connectivity index is 2.60. The lowest BCUT2D eigenvalue weighted by Crippen LogP contribution is -2.14. The van der Waals surface area contributed by atoms with Crippen molar-refractivity contribution in [1.29, 1.82) is 0 Å². The van der Waals surface area contributed by atoms with Crippen molar-refractivity contribution in [3.8, 4) is 5.75 Å². The van der Waals surface area contributed by atoms with Gasteiger partial charge in [0.1, 0.15) is 5.75 Å². The van der Waals surface area contributed by atoms with Gasteiger partial charge < -0.3 is 9.29 Å². The lowest BCUT2D eigenvalue weighted by Gasteiger charge is -2.17. The van der Waals surface area contributed by atoms with Crippen molar-refractivity contribution in [3.05, 3.63) is 24.3 Å². The molecule has 1 rings (SSSR count). The fourth-order valence-electron chi connectivity index (χ4n) is 0.698. The Morgan fingerprint density at radius 2 is 1.85 bits per heavy atom. The molecular formula is C10H14O2S. The molecule has 0 aliphatic rings. The lowest BCUT2D eigenvalue weighted by atomic mass is 10.2. The summed E-state index contributed by atoms with van der Waals surface area (Å²) < 4.78 is 5.45. The van der Waals surface area contributed by atoms with Crippen LogP contribution in [-0.4, -0.2) is 10.7 Å². The SMILES string of the molecule is CC(C)(C)OSc1ccccc1O. The third-order valence-corrected chi connectivity index (χ3v) is 2.35. The van der Waals surface area contributed by atoms with Crippen LogP contribution in [0.3, 0.4) is 0 Å². The Labute approximate surface area is 83.1 Å². The van der Waals surface area contributed by atoms with Crippen molar-refractivity contribution >= 4 is 12.0 Å². The molecule has 1 aromatic rings. The third kappa shape index (κ3) is 3.70. The summed E-state index contributed by atoms with van der Waals surface area (Å²) in [7, 11) is 0. The van der Waals surface area contributed by atoms with E-state index in [4.69, 9.17) is 4.18 Å². The van der Waals surface area contributed by atoms with Crippen LogP contribution in [0.15, 0.2) is 29.2 Å². The number of phenols is 1. The molecule has 0 aromatic heterocycles. The summed E-state index contributed by atoms with van der Waals surface area (Å²) in [6, 6.07) is 7.13. The van der Waals surface area contributed by atoms with Crippen LogP contribution in [0.4, 0.5) is 0 Å². The van der Waals surface area contributed by atoms with Crippen LogP contribution in [0.1, 0.15) is 20.8 Å². The average Bonchev–Trinajstić information content (AvgIpc) is 2.01. The van der Waals surface area contributed by atoms with Gasteiger partial charge >= 0.3 is 0 Å². The van der Waals surface area contributed by atoms with Crippen LogP contribution in [0.2, 0.25) is 0 Å². The highest BCUT2D eigenvalue weighted by Crippen LogP contribution is 2.31. The third-order valence-electron chi connectivity index (χ3n) is 1.25. The maximum Gasteiger partial charge on any atom is 0.131 e. The second-order valence-electron chi connectivity index (χ2n) is 3.75. The van der Waals surface area contributed by atoms with E-state index in [0.717, 1.165) is 4.90 Å². The highest BCUT2D eigenvalue weighted by atomic mass is 32.2. The van der Waals surface area contributed by atoms with Crippen molar-refractivity contribution in [3.63, 3.8) is 0 Å². The molecule has 72 valence electrons. The maximum absolute atomic E-state index is 9.41. The fraction of sp³-hybridized carbons (Fsp3) is 0.400. The molecular weight excluding hydrogens is 184 g/mol. The van der Waals surface area contributed by atoms with Crippen molar-refractivity contribution in [2.24, 2.45) is 0 Å². The first-order valence-electron chi connectivity index (χ1n) is 4.13. The molecule has 0 fully saturated rings. The van der Waals surface area contributed by atoms with Gasteiger partial charge in [0, 0.05) is 12.0 Å². The summed E-state index contributed by atoms with van der Waals surface area (Å²) in [5.41, 5.74) is -0.201. The van der Waals surface area contributed by atoms with Gasteiger partial charge in [-0.1, -0.05) is 12.1 Å². The van der Waals surface area contributed by atoms with Crippen molar-refractivity contribution in [2.75, 3.05) is 0 Å². The Hall–Kier alpha value is -0.670. The van der Waals surface area contributed by atoms with Gasteiger partial charge in [0.25, 0.3) is 0 Å². The summed E-state index contributed by atoms with van der Waals surface area (Å²) in [4.78, 5) is 0.748. The molecule has 0 aliphatic carbocycles. The maximum atomic E-state index is 9.41. The molecule has 0 amide bonds. The van der Waals surface area contributed by atoms with Gasteiger partial charge in [-0.2, -0.15) is 0 Å². The number of aromatic hydroxyl groups is 1. The van der Waals surface area contributed by atoms with Gasteiger partial charge in [0.2, 0.25) is 0 Å². The number of hydrogen-bond donors (Lipinski definition) is 1. The first-order chi connectivity index (χ1) is 5.99. The Kier molecular flexibility index (Phi) is 3.22. The van der Waals surface area contributed by atoms with Gasteiger partial charge in [-0.25, -0.2) is 0 Å². The predicted molar refractivity (Wildman–Crippen MR) is 54.8 cm³/mol. The Bertz CT molecular complexity index is 278. The van der Waals surface area contributed by atoms with E-state index >= 15 is 0 Å². The first kappa shape index (κ1) is 10.4. The molecule has 1 N–H and O–H groups in total. The molecule has 3 heteroatoms. The molecule has 0 heterocycles. The number of para-hydroxylation sites is 1. The van der Waals surface area contributed by atoms with Crippen molar-refractivity contribution in [2.45, 2.75) is 31.3 Å². The summed E-state index contributed by atoms with van der Waals surface area (Å²) in [5.74, 6) is 0.261. The van der Waals surface area contributed by atoms with Gasteiger partial charge in [-0.15, -0.1) is 0 Å². The van der Waals surface area contributed by atoms with Crippen LogP contribution in [0, 0.1) is 0 Å². The van der Waals surface area contributed by atoms with E-state index < -0.39 is 0 Å². The van der Waals surface area contributed by atoms with E-state index in [1.807, 2.05) is 32.9 Å². The molecule has 13 heavy (non-hydrogen) atoms. The van der Waals surface area contributed by atoms with E-state index in [0.29, 0.717) is 0 Å². The predicted octanol–water partition coefficient (Wildman–Crippen LogP) is 3.21. The van der Waals surface area contributed by atoms with Gasteiger partial charge in [-0.3, -0.25) is 0 Å². The Morgan fingerprint density at radius 1 is 1.23 bits per heavy atom. The first-order valence-corrected chi connectivity index (χ1v) is 4.87. The molecule has 0 radical (unpaired) electrons. The summed E-state index contributed by atoms with van der Waals surface area (Å²) in [6.07, 6.45) is 0. The topological polar surface area (TPSA) is 29.5 Å². The minimum atomic E-state index is -0.201. The molecule has 0 saturated heterocycles. The zero-order chi connectivity index (χ0) is 9.90. The largest absolute Gasteiger partial charge is 0.507 e. The molecule has 2 nitrogen and oxygen atoms in total. The van der Waals surface area contributed by atoms with Crippen molar-refractivity contribution in [1.82, 2.24) is 0 Å². The van der Waals surface area contributed by atoms with Crippen LogP contribution in [-0.2, 0) is 4.18 Å². The molecule has 0 aliphatic heterocycles. The van der Waals surface area contributed by atoms with E-state index in [1.54, 1.807) is 12.1 Å². The van der Waals surface area contributed by atoms with Gasteiger partial charge in [0.05, 0.1) is 10.5 Å². The summed E-state index contributed by atoms with van der Waals surface area (Å²) in [6.45, 7) is 5.92. The standard InChI is InChI=1S/C10H14O2S/c1-10(2,3)12-13-9-7-5-4-6-8(9)11/h4-7,11H,1-3H3. The number of benzene rings is 1. The van der Waals surface area contributed by atoms with E-state index in [1.165, 1.54) is 12.0 Å². The van der Waals surface area contributed by atoms with Crippen LogP contribution in [0.25, 0.3) is 0 Å². The van der Waals surface area contributed by atoms with Crippen molar-refractivity contribution < 1.29 is 9.29 Å². The normalized spacial score (nSPS) is 11.6.